The van der Waals surface area contributed by atoms with Gasteiger partial charge in [-0.25, -0.2) is 4.98 Å². The van der Waals surface area contributed by atoms with Gasteiger partial charge in [0.05, 0.1) is 5.56 Å². The Morgan fingerprint density at radius 3 is 2.59 bits per heavy atom. The fourth-order valence-corrected chi connectivity index (χ4v) is 1.38. The molecule has 0 aliphatic heterocycles. The topological polar surface area (TPSA) is 111 Å². The van der Waals surface area contributed by atoms with Crippen LogP contribution >= 0.6 is 15.9 Å². The summed E-state index contributed by atoms with van der Waals surface area (Å²) in [5.41, 5.74) is 9.77. The number of carbonyl (C=O) groups excluding carboxylic acids is 2. The van der Waals surface area contributed by atoms with Crippen molar-refractivity contribution in [1.82, 2.24) is 10.3 Å². The number of halogens is 1. The van der Waals surface area contributed by atoms with E-state index >= 15 is 0 Å². The second-order valence-corrected chi connectivity index (χ2v) is 4.95. The van der Waals surface area contributed by atoms with E-state index in [1.165, 1.54) is 26.1 Å². The highest BCUT2D eigenvalue weighted by molar-refractivity contribution is 9.10. The zero-order valence-electron chi connectivity index (χ0n) is 9.45. The van der Waals surface area contributed by atoms with Crippen LogP contribution < -0.4 is 16.8 Å². The molecule has 2 amide bonds. The highest BCUT2D eigenvalue weighted by Crippen LogP contribution is 2.16. The van der Waals surface area contributed by atoms with E-state index in [0.717, 1.165) is 0 Å². The molecule has 0 aliphatic rings. The van der Waals surface area contributed by atoms with Gasteiger partial charge < -0.3 is 16.8 Å². The van der Waals surface area contributed by atoms with Gasteiger partial charge in [0.25, 0.3) is 5.91 Å². The van der Waals surface area contributed by atoms with Crippen LogP contribution in [0.1, 0.15) is 24.2 Å². The molecule has 1 aromatic rings. The first-order valence-electron chi connectivity index (χ1n) is 4.77. The SMILES string of the molecule is CC(C)(NC(=O)c1cc(Br)cnc1N)C(N)=O. The maximum absolute atomic E-state index is 11.9. The minimum absolute atomic E-state index is 0.0889. The predicted molar refractivity (Wildman–Crippen MR) is 67.1 cm³/mol. The summed E-state index contributed by atoms with van der Waals surface area (Å²) in [6.45, 7) is 3.02. The van der Waals surface area contributed by atoms with Crippen molar-refractivity contribution < 1.29 is 9.59 Å². The number of aromatic nitrogens is 1. The van der Waals surface area contributed by atoms with Crippen LogP contribution in [0.15, 0.2) is 16.7 Å². The summed E-state index contributed by atoms with van der Waals surface area (Å²) in [6, 6.07) is 1.52. The van der Waals surface area contributed by atoms with E-state index in [2.05, 4.69) is 26.2 Å². The maximum atomic E-state index is 11.9. The smallest absolute Gasteiger partial charge is 0.255 e. The maximum Gasteiger partial charge on any atom is 0.255 e. The highest BCUT2D eigenvalue weighted by Gasteiger charge is 2.28. The second-order valence-electron chi connectivity index (χ2n) is 4.03. The van der Waals surface area contributed by atoms with Gasteiger partial charge in [0.1, 0.15) is 11.4 Å². The molecule has 6 nitrogen and oxygen atoms in total. The summed E-state index contributed by atoms with van der Waals surface area (Å²) in [5, 5.41) is 2.49. The number of rotatable bonds is 3. The normalized spacial score (nSPS) is 11.0. The Hall–Kier alpha value is -1.63. The molecular weight excluding hydrogens is 288 g/mol. The van der Waals surface area contributed by atoms with Gasteiger partial charge in [-0.2, -0.15) is 0 Å². The number of hydrogen-bond acceptors (Lipinski definition) is 4. The zero-order chi connectivity index (χ0) is 13.2. The molecule has 0 bridgehead atoms. The first-order valence-corrected chi connectivity index (χ1v) is 5.57. The van der Waals surface area contributed by atoms with Crippen molar-refractivity contribution in [3.8, 4) is 0 Å². The van der Waals surface area contributed by atoms with Crippen LogP contribution in [0, 0.1) is 0 Å². The Morgan fingerprint density at radius 2 is 2.06 bits per heavy atom. The molecule has 0 saturated carbocycles. The summed E-state index contributed by atoms with van der Waals surface area (Å²) in [4.78, 5) is 26.8. The Bertz CT molecular complexity index is 473. The third-order valence-electron chi connectivity index (χ3n) is 2.17. The monoisotopic (exact) mass is 300 g/mol. The molecule has 7 heteroatoms. The van der Waals surface area contributed by atoms with E-state index in [-0.39, 0.29) is 11.4 Å². The minimum Gasteiger partial charge on any atom is -0.383 e. The first kappa shape index (κ1) is 13.4. The van der Waals surface area contributed by atoms with E-state index in [0.29, 0.717) is 4.47 Å². The Labute approximate surface area is 107 Å². The van der Waals surface area contributed by atoms with Crippen molar-refractivity contribution >= 4 is 33.6 Å². The number of nitrogens with one attached hydrogen (secondary N) is 1. The summed E-state index contributed by atoms with van der Waals surface area (Å²) >= 11 is 3.18. The van der Waals surface area contributed by atoms with Gasteiger partial charge in [0.2, 0.25) is 5.91 Å². The molecule has 0 saturated heterocycles. The molecule has 0 aromatic carbocycles. The number of primary amides is 1. The number of pyridine rings is 1. The fourth-order valence-electron chi connectivity index (χ4n) is 1.04. The zero-order valence-corrected chi connectivity index (χ0v) is 11.0. The lowest BCUT2D eigenvalue weighted by molar-refractivity contribution is -0.122. The molecule has 1 rings (SSSR count). The van der Waals surface area contributed by atoms with Crippen LogP contribution in [0.2, 0.25) is 0 Å². The van der Waals surface area contributed by atoms with Crippen LogP contribution in [0.5, 0.6) is 0 Å². The van der Waals surface area contributed by atoms with E-state index in [1.807, 2.05) is 0 Å². The third kappa shape index (κ3) is 3.16. The summed E-state index contributed by atoms with van der Waals surface area (Å²) in [7, 11) is 0. The Morgan fingerprint density at radius 1 is 1.47 bits per heavy atom. The quantitative estimate of drug-likeness (QED) is 0.751. The van der Waals surface area contributed by atoms with E-state index in [1.54, 1.807) is 0 Å². The molecule has 5 N–H and O–H groups in total. The minimum atomic E-state index is -1.15. The van der Waals surface area contributed by atoms with Crippen LogP contribution in [-0.4, -0.2) is 22.3 Å². The van der Waals surface area contributed by atoms with Crippen molar-refractivity contribution in [1.29, 1.82) is 0 Å². The van der Waals surface area contributed by atoms with Gasteiger partial charge in [-0.3, -0.25) is 9.59 Å². The van der Waals surface area contributed by atoms with E-state index in [4.69, 9.17) is 11.5 Å². The molecule has 0 spiro atoms. The largest absolute Gasteiger partial charge is 0.383 e. The van der Waals surface area contributed by atoms with Crippen LogP contribution in [0.4, 0.5) is 5.82 Å². The van der Waals surface area contributed by atoms with Crippen LogP contribution in [0.3, 0.4) is 0 Å². The second kappa shape index (κ2) is 4.70. The molecular formula is C10H13BrN4O2. The molecule has 0 unspecified atom stereocenters. The molecule has 0 radical (unpaired) electrons. The molecule has 1 heterocycles. The van der Waals surface area contributed by atoms with Crippen molar-refractivity contribution in [3.63, 3.8) is 0 Å². The van der Waals surface area contributed by atoms with Crippen molar-refractivity contribution in [2.45, 2.75) is 19.4 Å². The third-order valence-corrected chi connectivity index (χ3v) is 2.61. The summed E-state index contributed by atoms with van der Waals surface area (Å²) < 4.78 is 0.619. The van der Waals surface area contributed by atoms with Crippen molar-refractivity contribution in [2.24, 2.45) is 5.73 Å². The lowest BCUT2D eigenvalue weighted by atomic mass is 10.0. The number of nitrogens with two attached hydrogens (primary N) is 2. The highest BCUT2D eigenvalue weighted by atomic mass is 79.9. The average Bonchev–Trinajstić information content (AvgIpc) is 2.20. The number of anilines is 1. The van der Waals surface area contributed by atoms with Gasteiger partial charge in [-0.05, 0) is 35.8 Å². The van der Waals surface area contributed by atoms with Gasteiger partial charge in [0.15, 0.2) is 0 Å². The van der Waals surface area contributed by atoms with Crippen molar-refractivity contribution in [3.05, 3.63) is 22.3 Å². The predicted octanol–water partition coefficient (Wildman–Crippen LogP) is 0.420. The van der Waals surface area contributed by atoms with Crippen LogP contribution in [0.25, 0.3) is 0 Å². The Balaban J connectivity index is 2.98. The van der Waals surface area contributed by atoms with Gasteiger partial charge in [-0.15, -0.1) is 0 Å². The van der Waals surface area contributed by atoms with Crippen molar-refractivity contribution in [2.75, 3.05) is 5.73 Å². The molecule has 17 heavy (non-hydrogen) atoms. The van der Waals surface area contributed by atoms with Gasteiger partial charge in [-0.1, -0.05) is 0 Å². The van der Waals surface area contributed by atoms with Gasteiger partial charge >= 0.3 is 0 Å². The lowest BCUT2D eigenvalue weighted by Crippen LogP contribution is -2.53. The fraction of sp³-hybridized carbons (Fsp3) is 0.300. The number of amides is 2. The molecule has 0 fully saturated rings. The average molecular weight is 301 g/mol. The molecule has 92 valence electrons. The standard InChI is InChI=1S/C10H13BrN4O2/c1-10(2,9(13)17)15-8(16)6-3-5(11)4-14-7(6)12/h3-4H,1-2H3,(H2,12,14)(H2,13,17)(H,15,16). The molecule has 1 aromatic heterocycles. The number of carbonyl (C=O) groups is 2. The van der Waals surface area contributed by atoms with E-state index in [9.17, 15) is 9.59 Å². The van der Waals surface area contributed by atoms with Gasteiger partial charge in [0, 0.05) is 10.7 Å². The van der Waals surface area contributed by atoms with E-state index < -0.39 is 17.4 Å². The first-order chi connectivity index (χ1) is 7.74. The molecule has 0 aliphatic carbocycles. The summed E-state index contributed by atoms with van der Waals surface area (Å²) in [5.74, 6) is -1.04. The number of hydrogen-bond donors (Lipinski definition) is 3. The van der Waals surface area contributed by atoms with Crippen LogP contribution in [-0.2, 0) is 4.79 Å². The lowest BCUT2D eigenvalue weighted by Gasteiger charge is -2.22. The number of nitrogen functional groups attached to an aromatic ring is 1. The Kier molecular flexibility index (Phi) is 3.72. The molecule has 0 atom stereocenters. The number of nitrogens with zero attached hydrogens (tertiary/aromatic N) is 1. The summed E-state index contributed by atoms with van der Waals surface area (Å²) in [6.07, 6.45) is 1.48.